The van der Waals surface area contributed by atoms with Gasteiger partial charge in [0.15, 0.2) is 0 Å². The van der Waals surface area contributed by atoms with Crippen molar-refractivity contribution < 1.29 is 9.72 Å². The number of likely N-dealkylation sites (tertiary alicyclic amines) is 1. The standard InChI is InChI=1S/C24H25N3O3/c28-24(26-13-2-1-3-14-26)17-9-12-22-21(15-17)19-5-4-6-20(19)23(25-22)16-7-10-18(11-8-16)27(29)30/h4-5,7-12,15,19-20,23,25H,1-3,6,13-14H2/t19-,20+,23-/m0/s1. The molecular formula is C24H25N3O3. The van der Waals surface area contributed by atoms with Crippen molar-refractivity contribution in [3.63, 3.8) is 0 Å². The summed E-state index contributed by atoms with van der Waals surface area (Å²) in [6.07, 6.45) is 8.78. The first kappa shape index (κ1) is 18.9. The van der Waals surface area contributed by atoms with E-state index in [2.05, 4.69) is 23.5 Å². The molecule has 0 saturated carbocycles. The number of rotatable bonds is 3. The van der Waals surface area contributed by atoms with Crippen molar-refractivity contribution in [1.82, 2.24) is 4.90 Å². The molecule has 0 unspecified atom stereocenters. The average Bonchev–Trinajstić information content (AvgIpc) is 3.29. The van der Waals surface area contributed by atoms with Crippen molar-refractivity contribution >= 4 is 17.3 Å². The summed E-state index contributed by atoms with van der Waals surface area (Å²) in [6.45, 7) is 1.70. The van der Waals surface area contributed by atoms with Gasteiger partial charge >= 0.3 is 0 Å². The van der Waals surface area contributed by atoms with Crippen LogP contribution in [0, 0.1) is 16.0 Å². The highest BCUT2D eigenvalue weighted by molar-refractivity contribution is 5.95. The van der Waals surface area contributed by atoms with Crippen LogP contribution in [0.25, 0.3) is 0 Å². The van der Waals surface area contributed by atoms with Crippen LogP contribution >= 0.6 is 0 Å². The summed E-state index contributed by atoms with van der Waals surface area (Å²) in [4.78, 5) is 25.6. The topological polar surface area (TPSA) is 75.5 Å². The van der Waals surface area contributed by atoms with Crippen LogP contribution in [0.15, 0.2) is 54.6 Å². The molecule has 2 heterocycles. The zero-order valence-corrected chi connectivity index (χ0v) is 16.8. The molecule has 2 aromatic carbocycles. The van der Waals surface area contributed by atoms with Gasteiger partial charge in [0, 0.05) is 42.4 Å². The highest BCUT2D eigenvalue weighted by atomic mass is 16.6. The third kappa shape index (κ3) is 3.26. The number of non-ortho nitro benzene ring substituents is 1. The molecule has 2 aliphatic heterocycles. The zero-order valence-electron chi connectivity index (χ0n) is 16.8. The first-order valence-corrected chi connectivity index (χ1v) is 10.7. The molecular weight excluding hydrogens is 378 g/mol. The zero-order chi connectivity index (χ0) is 20.7. The smallest absolute Gasteiger partial charge is 0.269 e. The number of anilines is 1. The van der Waals surface area contributed by atoms with Gasteiger partial charge in [-0.05, 0) is 60.9 Å². The molecule has 1 amide bonds. The molecule has 154 valence electrons. The number of hydrogen-bond donors (Lipinski definition) is 1. The maximum atomic E-state index is 13.0. The molecule has 0 aromatic heterocycles. The molecule has 0 bridgehead atoms. The van der Waals surface area contributed by atoms with Gasteiger partial charge in [-0.2, -0.15) is 0 Å². The van der Waals surface area contributed by atoms with Crippen LogP contribution in [0.3, 0.4) is 0 Å². The number of amides is 1. The molecule has 6 heteroatoms. The molecule has 1 N–H and O–H groups in total. The Morgan fingerprint density at radius 1 is 1.07 bits per heavy atom. The maximum absolute atomic E-state index is 13.0. The van der Waals surface area contributed by atoms with Crippen LogP contribution in [0.4, 0.5) is 11.4 Å². The van der Waals surface area contributed by atoms with Crippen molar-refractivity contribution in [2.75, 3.05) is 18.4 Å². The monoisotopic (exact) mass is 403 g/mol. The average molecular weight is 403 g/mol. The third-order valence-corrected chi connectivity index (χ3v) is 6.72. The Hall–Kier alpha value is -3.15. The summed E-state index contributed by atoms with van der Waals surface area (Å²) in [5.41, 5.74) is 4.15. The Morgan fingerprint density at radius 2 is 1.83 bits per heavy atom. The molecule has 2 aromatic rings. The Morgan fingerprint density at radius 3 is 2.57 bits per heavy atom. The van der Waals surface area contributed by atoms with Crippen LogP contribution in [0.1, 0.15) is 59.1 Å². The lowest BCUT2D eigenvalue weighted by atomic mass is 9.76. The molecule has 6 nitrogen and oxygen atoms in total. The predicted octanol–water partition coefficient (Wildman–Crippen LogP) is 5.05. The predicted molar refractivity (Wildman–Crippen MR) is 116 cm³/mol. The number of allylic oxidation sites excluding steroid dienone is 2. The number of nitrogens with one attached hydrogen (secondary N) is 1. The van der Waals surface area contributed by atoms with E-state index < -0.39 is 0 Å². The first-order chi connectivity index (χ1) is 14.6. The highest BCUT2D eigenvalue weighted by Crippen LogP contribution is 2.50. The van der Waals surface area contributed by atoms with Crippen LogP contribution in [0.2, 0.25) is 0 Å². The number of nitro groups is 1. The van der Waals surface area contributed by atoms with Gasteiger partial charge in [0.25, 0.3) is 11.6 Å². The molecule has 3 atom stereocenters. The summed E-state index contributed by atoms with van der Waals surface area (Å²) in [7, 11) is 0. The minimum atomic E-state index is -0.367. The summed E-state index contributed by atoms with van der Waals surface area (Å²) >= 11 is 0. The number of carbonyl (C=O) groups is 1. The second-order valence-electron chi connectivity index (χ2n) is 8.48. The van der Waals surface area contributed by atoms with Crippen molar-refractivity contribution in [2.45, 2.75) is 37.6 Å². The van der Waals surface area contributed by atoms with E-state index in [1.807, 2.05) is 29.2 Å². The van der Waals surface area contributed by atoms with E-state index in [1.165, 1.54) is 12.0 Å². The second-order valence-corrected chi connectivity index (χ2v) is 8.48. The normalized spacial score (nSPS) is 24.7. The summed E-state index contributed by atoms with van der Waals surface area (Å²) in [5, 5.41) is 14.6. The van der Waals surface area contributed by atoms with Crippen molar-refractivity contribution in [1.29, 1.82) is 0 Å². The van der Waals surface area contributed by atoms with E-state index in [9.17, 15) is 14.9 Å². The molecule has 1 aliphatic carbocycles. The molecule has 5 rings (SSSR count). The van der Waals surface area contributed by atoms with E-state index in [4.69, 9.17) is 0 Å². The minimum absolute atomic E-state index is 0.0851. The fourth-order valence-corrected chi connectivity index (χ4v) is 5.14. The molecule has 30 heavy (non-hydrogen) atoms. The number of nitrogens with zero attached hydrogens (tertiary/aromatic N) is 2. The van der Waals surface area contributed by atoms with Gasteiger partial charge in [-0.15, -0.1) is 0 Å². The number of hydrogen-bond acceptors (Lipinski definition) is 4. The van der Waals surface area contributed by atoms with E-state index in [-0.39, 0.29) is 28.5 Å². The fraction of sp³-hybridized carbons (Fsp3) is 0.375. The number of benzene rings is 2. The molecule has 3 aliphatic rings. The highest BCUT2D eigenvalue weighted by Gasteiger charge is 2.38. The van der Waals surface area contributed by atoms with Gasteiger partial charge in [0.05, 0.1) is 11.0 Å². The third-order valence-electron chi connectivity index (χ3n) is 6.72. The molecule has 0 spiro atoms. The molecule has 1 saturated heterocycles. The van der Waals surface area contributed by atoms with Crippen LogP contribution in [-0.2, 0) is 0 Å². The Kier molecular flexibility index (Phi) is 4.77. The summed E-state index contributed by atoms with van der Waals surface area (Å²) < 4.78 is 0. The van der Waals surface area contributed by atoms with Gasteiger partial charge in [-0.1, -0.05) is 24.3 Å². The van der Waals surface area contributed by atoms with Gasteiger partial charge in [-0.25, -0.2) is 0 Å². The second kappa shape index (κ2) is 7.59. The maximum Gasteiger partial charge on any atom is 0.269 e. The summed E-state index contributed by atoms with van der Waals surface area (Å²) in [6, 6.07) is 13.0. The largest absolute Gasteiger partial charge is 0.378 e. The van der Waals surface area contributed by atoms with Gasteiger partial charge < -0.3 is 10.2 Å². The lowest BCUT2D eigenvalue weighted by Gasteiger charge is -2.38. The molecule has 1 fully saturated rings. The number of nitro benzene ring substituents is 1. The van der Waals surface area contributed by atoms with E-state index >= 15 is 0 Å². The molecule has 0 radical (unpaired) electrons. The Balaban J connectivity index is 1.44. The van der Waals surface area contributed by atoms with E-state index in [1.54, 1.807) is 12.1 Å². The van der Waals surface area contributed by atoms with Gasteiger partial charge in [0.1, 0.15) is 0 Å². The quantitative estimate of drug-likeness (QED) is 0.442. The minimum Gasteiger partial charge on any atom is -0.378 e. The summed E-state index contributed by atoms with van der Waals surface area (Å²) in [5.74, 6) is 0.711. The lowest BCUT2D eigenvalue weighted by Crippen LogP contribution is -2.36. The van der Waals surface area contributed by atoms with Crippen molar-refractivity contribution in [3.05, 3.63) is 81.4 Å². The Labute approximate surface area is 175 Å². The van der Waals surface area contributed by atoms with E-state index in [0.717, 1.165) is 49.2 Å². The first-order valence-electron chi connectivity index (χ1n) is 10.7. The lowest BCUT2D eigenvalue weighted by molar-refractivity contribution is -0.384. The fourth-order valence-electron chi connectivity index (χ4n) is 5.14. The van der Waals surface area contributed by atoms with Crippen molar-refractivity contribution in [3.8, 4) is 0 Å². The van der Waals surface area contributed by atoms with Gasteiger partial charge in [-0.3, -0.25) is 14.9 Å². The van der Waals surface area contributed by atoms with Gasteiger partial charge in [0.2, 0.25) is 0 Å². The SMILES string of the molecule is O=C(c1ccc2c(c1)[C@H]1C=CC[C@H]1[C@H](c1ccc([N+](=O)[O-])cc1)N2)N1CCCCC1. The Bertz CT molecular complexity index is 1010. The van der Waals surface area contributed by atoms with E-state index in [0.29, 0.717) is 5.92 Å². The van der Waals surface area contributed by atoms with Crippen molar-refractivity contribution in [2.24, 2.45) is 5.92 Å². The number of piperidine rings is 1. The van der Waals surface area contributed by atoms with Crippen LogP contribution < -0.4 is 5.32 Å². The number of carbonyl (C=O) groups excluding carboxylic acids is 1. The van der Waals surface area contributed by atoms with Crippen LogP contribution in [-0.4, -0.2) is 28.8 Å². The van der Waals surface area contributed by atoms with Crippen LogP contribution in [0.5, 0.6) is 0 Å². The number of fused-ring (bicyclic) bond motifs is 3.